The normalized spacial score (nSPS) is 12.8. The van der Waals surface area contributed by atoms with E-state index in [0.717, 1.165) is 16.1 Å². The van der Waals surface area contributed by atoms with Crippen molar-refractivity contribution in [3.8, 4) is 5.88 Å². The molecule has 2 aromatic heterocycles. The van der Waals surface area contributed by atoms with Crippen molar-refractivity contribution in [3.63, 3.8) is 0 Å². The van der Waals surface area contributed by atoms with Gasteiger partial charge >= 0.3 is 0 Å². The lowest BCUT2D eigenvalue weighted by Gasteiger charge is -2.13. The highest BCUT2D eigenvalue weighted by Crippen LogP contribution is 2.39. The first-order valence-electron chi connectivity index (χ1n) is 9.28. The molecule has 2 heterocycles. The highest BCUT2D eigenvalue weighted by atomic mass is 35.5. The van der Waals surface area contributed by atoms with E-state index < -0.39 is 6.10 Å². The molecular formula is C21H20ClN5O2S. The van der Waals surface area contributed by atoms with Crippen molar-refractivity contribution in [2.45, 2.75) is 17.8 Å². The Morgan fingerprint density at radius 1 is 1.13 bits per heavy atom. The maximum atomic E-state index is 10.8. The van der Waals surface area contributed by atoms with E-state index in [1.807, 2.05) is 42.1 Å². The van der Waals surface area contributed by atoms with Gasteiger partial charge in [-0.15, -0.1) is 5.11 Å². The molecule has 2 N–H and O–H groups in total. The summed E-state index contributed by atoms with van der Waals surface area (Å²) in [6, 6.07) is 14.5. The molecule has 0 saturated carbocycles. The molecule has 0 spiro atoms. The van der Waals surface area contributed by atoms with Gasteiger partial charge in [0.1, 0.15) is 0 Å². The number of aromatic hydroxyl groups is 1. The maximum Gasteiger partial charge on any atom is 0.220 e. The Bertz CT molecular complexity index is 1190. The van der Waals surface area contributed by atoms with E-state index in [4.69, 9.17) is 11.6 Å². The lowest BCUT2D eigenvalue weighted by Crippen LogP contribution is -2.18. The van der Waals surface area contributed by atoms with E-state index in [0.29, 0.717) is 22.2 Å². The van der Waals surface area contributed by atoms with Crippen LogP contribution in [0.4, 0.5) is 11.4 Å². The van der Waals surface area contributed by atoms with Crippen LogP contribution in [0.25, 0.3) is 10.9 Å². The fourth-order valence-electron chi connectivity index (χ4n) is 3.10. The maximum absolute atomic E-state index is 10.8. The molecule has 0 amide bonds. The van der Waals surface area contributed by atoms with Crippen LogP contribution in [0.2, 0.25) is 5.02 Å². The molecule has 0 aliphatic rings. The van der Waals surface area contributed by atoms with Crippen LogP contribution in [0.15, 0.2) is 76.3 Å². The molecule has 1 unspecified atom stereocenters. The Balaban J connectivity index is 1.58. The summed E-state index contributed by atoms with van der Waals surface area (Å²) < 4.78 is 3.56. The van der Waals surface area contributed by atoms with Crippen molar-refractivity contribution in [1.29, 1.82) is 0 Å². The summed E-state index contributed by atoms with van der Waals surface area (Å²) in [5.41, 5.74) is 1.77. The number of hydrogen-bond acceptors (Lipinski definition) is 6. The predicted molar refractivity (Wildman–Crippen MR) is 119 cm³/mol. The minimum atomic E-state index is -0.686. The zero-order chi connectivity index (χ0) is 21.1. The smallest absolute Gasteiger partial charge is 0.220 e. The van der Waals surface area contributed by atoms with Gasteiger partial charge in [-0.25, -0.2) is 4.98 Å². The number of nitrogens with zero attached hydrogens (tertiary/aromatic N) is 5. The minimum Gasteiger partial charge on any atom is -0.493 e. The topological polar surface area (TPSA) is 87.9 Å². The molecule has 0 saturated heterocycles. The van der Waals surface area contributed by atoms with Gasteiger partial charge in [-0.3, -0.25) is 0 Å². The number of azo groups is 1. The summed E-state index contributed by atoms with van der Waals surface area (Å²) in [5.74, 6) is 0.410. The highest BCUT2D eigenvalue weighted by Gasteiger charge is 2.19. The monoisotopic (exact) mass is 441 g/mol. The second-order valence-corrected chi connectivity index (χ2v) is 8.19. The largest absolute Gasteiger partial charge is 0.493 e. The molecule has 2 aromatic carbocycles. The van der Waals surface area contributed by atoms with Crippen LogP contribution in [0.5, 0.6) is 5.88 Å². The molecule has 9 heteroatoms. The van der Waals surface area contributed by atoms with Crippen LogP contribution >= 0.6 is 23.4 Å². The summed E-state index contributed by atoms with van der Waals surface area (Å²) >= 11 is 7.37. The van der Waals surface area contributed by atoms with Crippen molar-refractivity contribution < 1.29 is 10.2 Å². The number of para-hydroxylation sites is 1. The molecule has 7 nitrogen and oxygen atoms in total. The van der Waals surface area contributed by atoms with Crippen LogP contribution in [0.3, 0.4) is 0 Å². The number of aryl methyl sites for hydroxylation is 1. The molecule has 0 aliphatic carbocycles. The molecule has 0 aliphatic heterocycles. The van der Waals surface area contributed by atoms with E-state index in [1.54, 1.807) is 35.0 Å². The van der Waals surface area contributed by atoms with Crippen molar-refractivity contribution in [1.82, 2.24) is 14.1 Å². The van der Waals surface area contributed by atoms with Gasteiger partial charge in [-0.1, -0.05) is 41.6 Å². The fraction of sp³-hybridized carbons (Fsp3) is 0.190. The Morgan fingerprint density at radius 2 is 1.90 bits per heavy atom. The molecule has 4 rings (SSSR count). The molecule has 0 radical (unpaired) electrons. The van der Waals surface area contributed by atoms with Crippen molar-refractivity contribution in [2.75, 3.05) is 5.75 Å². The molecule has 154 valence electrons. The first-order chi connectivity index (χ1) is 14.5. The molecule has 30 heavy (non-hydrogen) atoms. The highest BCUT2D eigenvalue weighted by molar-refractivity contribution is 7.99. The third kappa shape index (κ3) is 4.35. The van der Waals surface area contributed by atoms with Gasteiger partial charge in [-0.2, -0.15) is 5.11 Å². The Hall–Kier alpha value is -2.81. The SMILES string of the molecule is Cn1ccnc1SCC(O)Cn1c(O)c(N=Nc2ccc(Cl)cc2)c2ccccc21. The Kier molecular flexibility index (Phi) is 6.08. The van der Waals surface area contributed by atoms with Crippen molar-refractivity contribution in [2.24, 2.45) is 17.3 Å². The average molecular weight is 442 g/mol. The van der Waals surface area contributed by atoms with E-state index in [1.165, 1.54) is 11.8 Å². The van der Waals surface area contributed by atoms with Crippen LogP contribution < -0.4 is 0 Å². The van der Waals surface area contributed by atoms with Crippen molar-refractivity contribution in [3.05, 3.63) is 65.9 Å². The molecule has 4 aromatic rings. The van der Waals surface area contributed by atoms with E-state index in [9.17, 15) is 10.2 Å². The number of aromatic nitrogens is 3. The van der Waals surface area contributed by atoms with Crippen LogP contribution in [0, 0.1) is 0 Å². The quantitative estimate of drug-likeness (QED) is 0.301. The van der Waals surface area contributed by atoms with Gasteiger partial charge in [0.05, 0.1) is 23.9 Å². The second-order valence-electron chi connectivity index (χ2n) is 6.76. The van der Waals surface area contributed by atoms with E-state index in [-0.39, 0.29) is 12.4 Å². The first kappa shape index (κ1) is 20.5. The first-order valence-corrected chi connectivity index (χ1v) is 10.6. The third-order valence-electron chi connectivity index (χ3n) is 4.58. The number of aliphatic hydroxyl groups is 1. The number of thioether (sulfide) groups is 1. The molecular weight excluding hydrogens is 422 g/mol. The minimum absolute atomic E-state index is 0.0324. The molecule has 0 fully saturated rings. The summed E-state index contributed by atoms with van der Waals surface area (Å²) in [5, 5.41) is 32.1. The van der Waals surface area contributed by atoms with Gasteiger partial charge in [-0.05, 0) is 30.3 Å². The zero-order valence-electron chi connectivity index (χ0n) is 16.2. The van der Waals surface area contributed by atoms with Gasteiger partial charge in [0.25, 0.3) is 0 Å². The van der Waals surface area contributed by atoms with Gasteiger partial charge < -0.3 is 19.3 Å². The molecule has 1 atom stereocenters. The third-order valence-corrected chi connectivity index (χ3v) is 6.04. The van der Waals surface area contributed by atoms with Crippen LogP contribution in [0.1, 0.15) is 0 Å². The van der Waals surface area contributed by atoms with Gasteiger partial charge in [0.2, 0.25) is 5.88 Å². The van der Waals surface area contributed by atoms with E-state index in [2.05, 4.69) is 15.2 Å². The fourth-order valence-corrected chi connectivity index (χ4v) is 4.07. The predicted octanol–water partition coefficient (Wildman–Crippen LogP) is 5.30. The van der Waals surface area contributed by atoms with Crippen LogP contribution in [-0.2, 0) is 13.6 Å². The summed E-state index contributed by atoms with van der Waals surface area (Å²) in [6.07, 6.45) is 2.89. The van der Waals surface area contributed by atoms with Gasteiger partial charge in [0.15, 0.2) is 10.8 Å². The number of benzene rings is 2. The lowest BCUT2D eigenvalue weighted by molar-refractivity contribution is 0.175. The average Bonchev–Trinajstić information content (AvgIpc) is 3.27. The van der Waals surface area contributed by atoms with E-state index >= 15 is 0 Å². The summed E-state index contributed by atoms with van der Waals surface area (Å²) in [7, 11) is 1.91. The number of rotatable bonds is 7. The number of hydrogen-bond donors (Lipinski definition) is 2. The second kappa shape index (κ2) is 8.91. The van der Waals surface area contributed by atoms with Crippen LogP contribution in [-0.4, -0.2) is 36.2 Å². The number of fused-ring (bicyclic) bond motifs is 1. The number of imidazole rings is 1. The summed E-state index contributed by atoms with van der Waals surface area (Å²) in [4.78, 5) is 4.25. The lowest BCUT2D eigenvalue weighted by atomic mass is 10.2. The Labute approximate surface area is 182 Å². The number of aliphatic hydroxyl groups excluding tert-OH is 1. The standard InChI is InChI=1S/C21H20ClN5O2S/c1-26-11-10-23-21(26)30-13-16(28)12-27-18-5-3-2-4-17(18)19(20(27)29)25-24-15-8-6-14(22)7-9-15/h2-11,16,28-29H,12-13H2,1H3. The number of halogens is 1. The Morgan fingerprint density at radius 3 is 2.63 bits per heavy atom. The summed E-state index contributed by atoms with van der Waals surface area (Å²) in [6.45, 7) is 0.222. The van der Waals surface area contributed by atoms with Crippen molar-refractivity contribution >= 4 is 45.6 Å². The molecule has 0 bridgehead atoms. The van der Waals surface area contributed by atoms with Gasteiger partial charge in [0, 0.05) is 35.6 Å². The zero-order valence-corrected chi connectivity index (χ0v) is 17.8.